The molecule has 4 heteroatoms. The first-order chi connectivity index (χ1) is 9.57. The third-order valence-electron chi connectivity index (χ3n) is 2.79. The van der Waals surface area contributed by atoms with E-state index in [2.05, 4.69) is 0 Å². The third-order valence-corrected chi connectivity index (χ3v) is 4.24. The van der Waals surface area contributed by atoms with Gasteiger partial charge in [0.1, 0.15) is 5.82 Å². The molecule has 104 valence electrons. The van der Waals surface area contributed by atoms with Crippen LogP contribution in [0.3, 0.4) is 0 Å². The molecule has 0 saturated heterocycles. The Kier molecular flexibility index (Phi) is 4.69. The predicted molar refractivity (Wildman–Crippen MR) is 79.4 cm³/mol. The smallest absolute Gasteiger partial charge is 0.158 e. The molecule has 20 heavy (non-hydrogen) atoms. The normalized spacial score (nSPS) is 11.8. The summed E-state index contributed by atoms with van der Waals surface area (Å²) in [7, 11) is -3.35. The van der Waals surface area contributed by atoms with Crippen molar-refractivity contribution in [1.29, 1.82) is 0 Å². The van der Waals surface area contributed by atoms with Gasteiger partial charge in [-0.15, -0.1) is 0 Å². The maximum absolute atomic E-state index is 13.4. The fraction of sp³-hybridized carbons (Fsp3) is 0.125. The number of halogens is 1. The predicted octanol–water partition coefficient (Wildman–Crippen LogP) is 3.45. The summed E-state index contributed by atoms with van der Waals surface area (Å²) in [4.78, 5) is 0. The Morgan fingerprint density at radius 1 is 0.950 bits per heavy atom. The molecule has 2 nitrogen and oxygen atoms in total. The highest BCUT2D eigenvalue weighted by molar-refractivity contribution is 7.90. The Morgan fingerprint density at radius 2 is 1.60 bits per heavy atom. The second-order valence-electron chi connectivity index (χ2n) is 4.46. The van der Waals surface area contributed by atoms with Gasteiger partial charge in [0.25, 0.3) is 0 Å². The standard InChI is InChI=1S/C16H15FO2S/c17-16-11-5-4-10-15(16)13-20(18,19)12-6-9-14-7-2-1-3-8-14/h1-11H,12-13H2/b9-6+. The molecule has 0 N–H and O–H groups in total. The van der Waals surface area contributed by atoms with Gasteiger partial charge >= 0.3 is 0 Å². The van der Waals surface area contributed by atoms with Crippen molar-refractivity contribution in [3.63, 3.8) is 0 Å². The fourth-order valence-electron chi connectivity index (χ4n) is 1.81. The van der Waals surface area contributed by atoms with Gasteiger partial charge in [0.05, 0.1) is 11.5 Å². The van der Waals surface area contributed by atoms with Gasteiger partial charge in [-0.2, -0.15) is 0 Å². The topological polar surface area (TPSA) is 34.1 Å². The van der Waals surface area contributed by atoms with E-state index in [-0.39, 0.29) is 17.1 Å². The molecule has 0 aromatic heterocycles. The largest absolute Gasteiger partial charge is 0.228 e. The maximum Gasteiger partial charge on any atom is 0.158 e. The molecular weight excluding hydrogens is 275 g/mol. The molecule has 0 aliphatic carbocycles. The maximum atomic E-state index is 13.4. The van der Waals surface area contributed by atoms with E-state index in [1.54, 1.807) is 24.3 Å². The summed E-state index contributed by atoms with van der Waals surface area (Å²) >= 11 is 0. The van der Waals surface area contributed by atoms with Crippen molar-refractivity contribution in [3.8, 4) is 0 Å². The van der Waals surface area contributed by atoms with Gasteiger partial charge in [-0.25, -0.2) is 12.8 Å². The molecule has 0 bridgehead atoms. The van der Waals surface area contributed by atoms with Crippen LogP contribution < -0.4 is 0 Å². The summed E-state index contributed by atoms with van der Waals surface area (Å²) in [5.41, 5.74) is 1.15. The molecule has 0 spiro atoms. The number of hydrogen-bond acceptors (Lipinski definition) is 2. The summed E-state index contributed by atoms with van der Waals surface area (Å²) in [5, 5.41) is 0. The Labute approximate surface area is 118 Å². The highest BCUT2D eigenvalue weighted by atomic mass is 32.2. The first kappa shape index (κ1) is 14.5. The number of benzene rings is 2. The molecular formula is C16H15FO2S. The number of sulfone groups is 1. The fourth-order valence-corrected chi connectivity index (χ4v) is 3.02. The summed E-state index contributed by atoms with van der Waals surface area (Å²) in [6, 6.07) is 15.4. The van der Waals surface area contributed by atoms with Crippen molar-refractivity contribution < 1.29 is 12.8 Å². The van der Waals surface area contributed by atoms with E-state index >= 15 is 0 Å². The van der Waals surface area contributed by atoms with E-state index in [4.69, 9.17) is 0 Å². The van der Waals surface area contributed by atoms with E-state index in [1.165, 1.54) is 12.1 Å². The minimum atomic E-state index is -3.35. The molecule has 0 atom stereocenters. The van der Waals surface area contributed by atoms with Crippen LogP contribution in [-0.2, 0) is 15.6 Å². The van der Waals surface area contributed by atoms with Gasteiger partial charge in [-0.05, 0) is 11.6 Å². The van der Waals surface area contributed by atoms with Crippen molar-refractivity contribution in [3.05, 3.63) is 77.6 Å². The van der Waals surface area contributed by atoms with Gasteiger partial charge in [0.2, 0.25) is 0 Å². The molecule has 0 amide bonds. The van der Waals surface area contributed by atoms with Crippen LogP contribution in [-0.4, -0.2) is 14.2 Å². The van der Waals surface area contributed by atoms with E-state index in [9.17, 15) is 12.8 Å². The number of rotatable bonds is 5. The molecule has 0 heterocycles. The summed E-state index contributed by atoms with van der Waals surface area (Å²) in [5.74, 6) is -0.863. The Balaban J connectivity index is 2.02. The molecule has 0 aliphatic heterocycles. The zero-order chi connectivity index (χ0) is 14.4. The van der Waals surface area contributed by atoms with Crippen LogP contribution in [0.25, 0.3) is 6.08 Å². The van der Waals surface area contributed by atoms with Crippen molar-refractivity contribution in [2.75, 3.05) is 5.75 Å². The first-order valence-electron chi connectivity index (χ1n) is 6.22. The van der Waals surface area contributed by atoms with Crippen LogP contribution in [0.15, 0.2) is 60.7 Å². The van der Waals surface area contributed by atoms with Gasteiger partial charge in [0, 0.05) is 5.56 Å². The van der Waals surface area contributed by atoms with Crippen molar-refractivity contribution in [1.82, 2.24) is 0 Å². The average Bonchev–Trinajstić information content (AvgIpc) is 2.42. The second-order valence-corrected chi connectivity index (χ2v) is 6.57. The van der Waals surface area contributed by atoms with E-state index < -0.39 is 15.7 Å². The van der Waals surface area contributed by atoms with E-state index in [0.29, 0.717) is 0 Å². The molecule has 0 unspecified atom stereocenters. The minimum Gasteiger partial charge on any atom is -0.228 e. The molecule has 0 radical (unpaired) electrons. The second kappa shape index (κ2) is 6.48. The van der Waals surface area contributed by atoms with Crippen molar-refractivity contribution in [2.45, 2.75) is 5.75 Å². The van der Waals surface area contributed by atoms with E-state index in [0.717, 1.165) is 5.56 Å². The molecule has 2 rings (SSSR count). The monoisotopic (exact) mass is 290 g/mol. The van der Waals surface area contributed by atoms with Gasteiger partial charge in [-0.3, -0.25) is 0 Å². The zero-order valence-corrected chi connectivity index (χ0v) is 11.7. The van der Waals surface area contributed by atoms with E-state index in [1.807, 2.05) is 30.3 Å². The highest BCUT2D eigenvalue weighted by Gasteiger charge is 2.12. The van der Waals surface area contributed by atoms with Crippen LogP contribution in [0.5, 0.6) is 0 Å². The molecule has 0 saturated carbocycles. The Hall–Kier alpha value is -1.94. The third kappa shape index (κ3) is 4.31. The van der Waals surface area contributed by atoms with Gasteiger partial charge in [-0.1, -0.05) is 60.7 Å². The summed E-state index contributed by atoms with van der Waals surface area (Å²) in [6.07, 6.45) is 3.34. The van der Waals surface area contributed by atoms with Crippen molar-refractivity contribution in [2.24, 2.45) is 0 Å². The van der Waals surface area contributed by atoms with Gasteiger partial charge in [0.15, 0.2) is 9.84 Å². The lowest BCUT2D eigenvalue weighted by Crippen LogP contribution is -2.08. The lowest BCUT2D eigenvalue weighted by atomic mass is 10.2. The van der Waals surface area contributed by atoms with Crippen molar-refractivity contribution >= 4 is 15.9 Å². The minimum absolute atomic E-state index is 0.101. The Bertz CT molecular complexity index is 691. The molecule has 0 aliphatic rings. The van der Waals surface area contributed by atoms with Crippen LogP contribution >= 0.6 is 0 Å². The lowest BCUT2D eigenvalue weighted by molar-refractivity contribution is 0.589. The molecule has 0 fully saturated rings. The molecule has 2 aromatic carbocycles. The molecule has 2 aromatic rings. The SMILES string of the molecule is O=S(=O)(C/C=C/c1ccccc1)Cc1ccccc1F. The first-order valence-corrected chi connectivity index (χ1v) is 8.04. The number of hydrogen-bond donors (Lipinski definition) is 0. The Morgan fingerprint density at radius 3 is 2.30 bits per heavy atom. The summed E-state index contributed by atoms with van der Waals surface area (Å²) < 4.78 is 37.3. The highest BCUT2D eigenvalue weighted by Crippen LogP contribution is 2.12. The average molecular weight is 290 g/mol. The van der Waals surface area contributed by atoms with Crippen LogP contribution in [0.1, 0.15) is 11.1 Å². The lowest BCUT2D eigenvalue weighted by Gasteiger charge is -2.03. The van der Waals surface area contributed by atoms with Crippen LogP contribution in [0.4, 0.5) is 4.39 Å². The summed E-state index contributed by atoms with van der Waals surface area (Å²) in [6.45, 7) is 0. The zero-order valence-electron chi connectivity index (χ0n) is 10.9. The van der Waals surface area contributed by atoms with Crippen LogP contribution in [0, 0.1) is 5.82 Å². The van der Waals surface area contributed by atoms with Crippen LogP contribution in [0.2, 0.25) is 0 Å². The quantitative estimate of drug-likeness (QED) is 0.845. The van der Waals surface area contributed by atoms with Gasteiger partial charge < -0.3 is 0 Å².